The van der Waals surface area contributed by atoms with Crippen molar-refractivity contribution in [2.45, 2.75) is 20.8 Å². The molecule has 1 amide bonds. The van der Waals surface area contributed by atoms with E-state index in [4.69, 9.17) is 9.47 Å². The van der Waals surface area contributed by atoms with E-state index in [0.29, 0.717) is 31.2 Å². The lowest BCUT2D eigenvalue weighted by Crippen LogP contribution is -2.34. The molecular formula is C18H24N6O4. The molecule has 28 heavy (non-hydrogen) atoms. The van der Waals surface area contributed by atoms with Crippen LogP contribution in [0.15, 0.2) is 34.3 Å². The van der Waals surface area contributed by atoms with E-state index in [-0.39, 0.29) is 18.3 Å². The smallest absolute Gasteiger partial charge is 0.363 e. The van der Waals surface area contributed by atoms with Crippen LogP contribution in [0.2, 0.25) is 0 Å². The maximum atomic E-state index is 12.1. The molecule has 0 fully saturated rings. The molecule has 0 bridgehead atoms. The quantitative estimate of drug-likeness (QED) is 0.464. The summed E-state index contributed by atoms with van der Waals surface area (Å²) in [5, 5.41) is 9.81. The van der Waals surface area contributed by atoms with Crippen molar-refractivity contribution in [3.05, 3.63) is 40.4 Å². The summed E-state index contributed by atoms with van der Waals surface area (Å²) in [6, 6.07) is 5.23. The predicted molar refractivity (Wildman–Crippen MR) is 105 cm³/mol. The maximum absolute atomic E-state index is 12.1. The molecule has 0 saturated carbocycles. The summed E-state index contributed by atoms with van der Waals surface area (Å²) < 4.78 is 11.2. The van der Waals surface area contributed by atoms with Crippen molar-refractivity contribution >= 4 is 17.9 Å². The molecule has 0 aliphatic carbocycles. The van der Waals surface area contributed by atoms with E-state index in [1.165, 1.54) is 12.4 Å². The van der Waals surface area contributed by atoms with Crippen molar-refractivity contribution in [3.63, 3.8) is 0 Å². The van der Waals surface area contributed by atoms with Gasteiger partial charge in [-0.15, -0.1) is 0 Å². The van der Waals surface area contributed by atoms with E-state index < -0.39 is 5.69 Å². The van der Waals surface area contributed by atoms with Gasteiger partial charge in [-0.25, -0.2) is 9.89 Å². The minimum absolute atomic E-state index is 0.0576. The van der Waals surface area contributed by atoms with Gasteiger partial charge >= 0.3 is 5.69 Å². The van der Waals surface area contributed by atoms with Crippen LogP contribution in [0.3, 0.4) is 0 Å². The monoisotopic (exact) mass is 388 g/mol. The van der Waals surface area contributed by atoms with E-state index in [1.54, 1.807) is 23.1 Å². The summed E-state index contributed by atoms with van der Waals surface area (Å²) in [6.07, 6.45) is 2.88. The SMILES string of the molecule is CCOc1cc(/C=N/Nc2cn[nH]c(=O)n2)ccc1OCC(=O)N(CC)CC. The number of aromatic nitrogens is 3. The molecule has 1 heterocycles. The van der Waals surface area contributed by atoms with Gasteiger partial charge in [-0.05, 0) is 44.5 Å². The summed E-state index contributed by atoms with van der Waals surface area (Å²) in [5.41, 5.74) is 2.78. The molecule has 0 aliphatic rings. The lowest BCUT2D eigenvalue weighted by atomic mass is 10.2. The Hall–Kier alpha value is -3.43. The molecule has 10 nitrogen and oxygen atoms in total. The molecule has 1 aromatic carbocycles. The van der Waals surface area contributed by atoms with Gasteiger partial charge in [0.05, 0.1) is 19.0 Å². The topological polar surface area (TPSA) is 122 Å². The van der Waals surface area contributed by atoms with Crippen molar-refractivity contribution in [2.75, 3.05) is 31.7 Å². The van der Waals surface area contributed by atoms with Crippen LogP contribution < -0.4 is 20.6 Å². The second-order valence-electron chi connectivity index (χ2n) is 5.54. The number of rotatable bonds is 10. The van der Waals surface area contributed by atoms with Crippen molar-refractivity contribution in [3.8, 4) is 11.5 Å². The van der Waals surface area contributed by atoms with Crippen molar-refractivity contribution < 1.29 is 14.3 Å². The Balaban J connectivity index is 2.05. The van der Waals surface area contributed by atoms with Gasteiger partial charge in [0.25, 0.3) is 5.91 Å². The van der Waals surface area contributed by atoms with Crippen LogP contribution in [0.5, 0.6) is 11.5 Å². The molecule has 1 aromatic heterocycles. The minimum Gasteiger partial charge on any atom is -0.490 e. The average molecular weight is 388 g/mol. The summed E-state index contributed by atoms with van der Waals surface area (Å²) in [7, 11) is 0. The first kappa shape index (κ1) is 20.9. The van der Waals surface area contributed by atoms with Gasteiger partial charge in [0.1, 0.15) is 0 Å². The van der Waals surface area contributed by atoms with Gasteiger partial charge in [0.15, 0.2) is 23.9 Å². The highest BCUT2D eigenvalue weighted by molar-refractivity contribution is 5.81. The number of hydrogen-bond donors (Lipinski definition) is 2. The highest BCUT2D eigenvalue weighted by Crippen LogP contribution is 2.28. The summed E-state index contributed by atoms with van der Waals surface area (Å²) >= 11 is 0. The van der Waals surface area contributed by atoms with Crippen LogP contribution in [0, 0.1) is 0 Å². The Kier molecular flexibility index (Phi) is 7.94. The predicted octanol–water partition coefficient (Wildman–Crippen LogP) is 1.26. The Morgan fingerprint density at radius 1 is 1.25 bits per heavy atom. The molecule has 2 aromatic rings. The third-order valence-corrected chi connectivity index (χ3v) is 3.70. The number of anilines is 1. The maximum Gasteiger partial charge on any atom is 0.363 e. The molecule has 0 atom stereocenters. The number of hydrogen-bond acceptors (Lipinski definition) is 8. The minimum atomic E-state index is -0.570. The Morgan fingerprint density at radius 2 is 2.04 bits per heavy atom. The van der Waals surface area contributed by atoms with Crippen LogP contribution in [-0.2, 0) is 4.79 Å². The van der Waals surface area contributed by atoms with Crippen LogP contribution in [0.25, 0.3) is 0 Å². The molecule has 0 unspecified atom stereocenters. The third kappa shape index (κ3) is 6.08. The number of amides is 1. The fraction of sp³-hybridized carbons (Fsp3) is 0.389. The van der Waals surface area contributed by atoms with Gasteiger partial charge < -0.3 is 14.4 Å². The molecule has 2 N–H and O–H groups in total. The largest absolute Gasteiger partial charge is 0.490 e. The first-order valence-corrected chi connectivity index (χ1v) is 8.95. The van der Waals surface area contributed by atoms with E-state index in [2.05, 4.69) is 25.7 Å². The highest BCUT2D eigenvalue weighted by Gasteiger charge is 2.12. The Bertz CT molecular complexity index is 863. The second kappa shape index (κ2) is 10.7. The van der Waals surface area contributed by atoms with Gasteiger partial charge in [-0.1, -0.05) is 0 Å². The Labute approximate surface area is 162 Å². The fourth-order valence-corrected chi connectivity index (χ4v) is 2.34. The van der Waals surface area contributed by atoms with Crippen LogP contribution in [-0.4, -0.2) is 58.5 Å². The zero-order valence-corrected chi connectivity index (χ0v) is 16.1. The van der Waals surface area contributed by atoms with E-state index in [0.717, 1.165) is 5.56 Å². The van der Waals surface area contributed by atoms with Crippen molar-refractivity contribution in [1.82, 2.24) is 20.1 Å². The fourth-order valence-electron chi connectivity index (χ4n) is 2.34. The zero-order chi connectivity index (χ0) is 20.4. The standard InChI is InChI=1S/C18H24N6O4/c1-4-24(5-2)17(25)12-28-14-8-7-13(9-15(14)27-6-3)10-19-22-16-11-20-23-18(26)21-16/h7-11H,4-6,12H2,1-3H3,(H2,21,22,23,26)/b19-10+. The van der Waals surface area contributed by atoms with Gasteiger partial charge in [-0.3, -0.25) is 10.2 Å². The molecule has 0 radical (unpaired) electrons. The summed E-state index contributed by atoms with van der Waals surface area (Å²) in [5.74, 6) is 1.13. The Morgan fingerprint density at radius 3 is 2.71 bits per heavy atom. The number of likely N-dealkylation sites (N-methyl/N-ethyl adjacent to an activating group) is 1. The number of nitrogens with zero attached hydrogens (tertiary/aromatic N) is 4. The third-order valence-electron chi connectivity index (χ3n) is 3.70. The van der Waals surface area contributed by atoms with Gasteiger partial charge in [-0.2, -0.15) is 15.2 Å². The molecule has 2 rings (SSSR count). The highest BCUT2D eigenvalue weighted by atomic mass is 16.5. The number of hydrazone groups is 1. The van der Waals surface area contributed by atoms with Crippen molar-refractivity contribution in [2.24, 2.45) is 5.10 Å². The van der Waals surface area contributed by atoms with Crippen molar-refractivity contribution in [1.29, 1.82) is 0 Å². The summed E-state index contributed by atoms with van der Waals surface area (Å²) in [6.45, 7) is 7.37. The number of carbonyl (C=O) groups excluding carboxylic acids is 1. The number of carbonyl (C=O) groups is 1. The lowest BCUT2D eigenvalue weighted by molar-refractivity contribution is -0.132. The summed E-state index contributed by atoms with van der Waals surface area (Å²) in [4.78, 5) is 28.6. The molecule has 10 heteroatoms. The van der Waals surface area contributed by atoms with Crippen LogP contribution >= 0.6 is 0 Å². The van der Waals surface area contributed by atoms with Crippen LogP contribution in [0.1, 0.15) is 26.3 Å². The van der Waals surface area contributed by atoms with E-state index >= 15 is 0 Å². The molecule has 150 valence electrons. The number of nitrogens with one attached hydrogen (secondary N) is 2. The van der Waals surface area contributed by atoms with Gasteiger partial charge in [0.2, 0.25) is 0 Å². The first-order valence-electron chi connectivity index (χ1n) is 8.95. The number of aromatic amines is 1. The van der Waals surface area contributed by atoms with Gasteiger partial charge in [0, 0.05) is 13.1 Å². The number of ether oxygens (including phenoxy) is 2. The second-order valence-corrected chi connectivity index (χ2v) is 5.54. The molecule has 0 saturated heterocycles. The number of benzene rings is 1. The number of H-pyrrole nitrogens is 1. The zero-order valence-electron chi connectivity index (χ0n) is 16.1. The normalized spacial score (nSPS) is 10.7. The molecule has 0 spiro atoms. The first-order chi connectivity index (χ1) is 13.6. The average Bonchev–Trinajstić information content (AvgIpc) is 2.68. The van der Waals surface area contributed by atoms with E-state index in [9.17, 15) is 9.59 Å². The lowest BCUT2D eigenvalue weighted by Gasteiger charge is -2.19. The van der Waals surface area contributed by atoms with E-state index in [1.807, 2.05) is 20.8 Å². The molecule has 0 aliphatic heterocycles. The van der Waals surface area contributed by atoms with Crippen LogP contribution in [0.4, 0.5) is 5.82 Å². The molecular weight excluding hydrogens is 364 g/mol.